The van der Waals surface area contributed by atoms with Crippen LogP contribution in [0.3, 0.4) is 0 Å². The molecule has 0 fully saturated rings. The zero-order valence-corrected chi connectivity index (χ0v) is 29.3. The number of hydrogen-bond donors (Lipinski definition) is 0. The van der Waals surface area contributed by atoms with Crippen LogP contribution in [0.2, 0.25) is 0 Å². The Balaban J connectivity index is 1.06. The third-order valence-corrected chi connectivity index (χ3v) is 9.38. The summed E-state index contributed by atoms with van der Waals surface area (Å²) in [5.41, 5.74) is 12.0. The van der Waals surface area contributed by atoms with E-state index in [-0.39, 0.29) is 0 Å². The lowest BCUT2D eigenvalue weighted by Crippen LogP contribution is -2.00. The second kappa shape index (κ2) is 14.7. The lowest BCUT2D eigenvalue weighted by Gasteiger charge is -2.11. The van der Waals surface area contributed by atoms with Gasteiger partial charge in [-0.1, -0.05) is 188 Å². The van der Waals surface area contributed by atoms with Gasteiger partial charge in [0.2, 0.25) is 0 Å². The highest BCUT2D eigenvalue weighted by atomic mass is 15.0. The summed E-state index contributed by atoms with van der Waals surface area (Å²) in [6, 6.07) is 68.2. The first-order chi connectivity index (χ1) is 26.7. The molecule has 5 nitrogen and oxygen atoms in total. The predicted octanol–water partition coefficient (Wildman–Crippen LogP) is 12.0. The molecule has 0 aliphatic rings. The molecule has 0 aliphatic heterocycles. The first-order valence-corrected chi connectivity index (χ1v) is 17.9. The molecule has 9 aromatic rings. The highest BCUT2D eigenvalue weighted by molar-refractivity contribution is 5.77. The third-order valence-electron chi connectivity index (χ3n) is 9.38. The number of aromatic nitrogens is 5. The van der Waals surface area contributed by atoms with Crippen LogP contribution in [-0.4, -0.2) is 24.9 Å². The van der Waals surface area contributed by atoms with E-state index in [0.717, 1.165) is 55.9 Å². The largest absolute Gasteiger partial charge is 0.228 e. The van der Waals surface area contributed by atoms with Crippen LogP contribution in [0.15, 0.2) is 200 Å². The van der Waals surface area contributed by atoms with Gasteiger partial charge in [-0.05, 0) is 34.4 Å². The maximum Gasteiger partial charge on any atom is 0.164 e. The Hall–Kier alpha value is -7.37. The number of benzene rings is 7. The van der Waals surface area contributed by atoms with Gasteiger partial charge in [-0.25, -0.2) is 24.9 Å². The number of nitrogens with zero attached hydrogens (tertiary/aromatic N) is 5. The minimum Gasteiger partial charge on any atom is -0.228 e. The van der Waals surface area contributed by atoms with E-state index in [1.807, 2.05) is 84.9 Å². The van der Waals surface area contributed by atoms with Gasteiger partial charge in [0.05, 0.1) is 11.4 Å². The lowest BCUT2D eigenvalue weighted by atomic mass is 9.99. The Labute approximate surface area is 314 Å². The second-order valence-electron chi connectivity index (χ2n) is 13.0. The second-order valence-corrected chi connectivity index (χ2v) is 13.0. The minimum atomic E-state index is 0.625. The average molecular weight is 692 g/mol. The summed E-state index contributed by atoms with van der Waals surface area (Å²) < 4.78 is 0. The van der Waals surface area contributed by atoms with Crippen LogP contribution >= 0.6 is 0 Å². The first-order valence-electron chi connectivity index (χ1n) is 17.9. The summed E-state index contributed by atoms with van der Waals surface area (Å²) in [5.74, 6) is 2.59. The van der Waals surface area contributed by atoms with Gasteiger partial charge in [-0.3, -0.25) is 0 Å². The van der Waals surface area contributed by atoms with Gasteiger partial charge in [0.25, 0.3) is 0 Å². The molecule has 7 aromatic carbocycles. The molecule has 9 rings (SSSR count). The van der Waals surface area contributed by atoms with Gasteiger partial charge in [0.15, 0.2) is 23.3 Å². The van der Waals surface area contributed by atoms with Crippen LogP contribution in [0.1, 0.15) is 0 Å². The zero-order chi connectivity index (χ0) is 36.1. The fourth-order valence-corrected chi connectivity index (χ4v) is 6.53. The molecule has 0 radical (unpaired) electrons. The van der Waals surface area contributed by atoms with Gasteiger partial charge in [0.1, 0.15) is 0 Å². The standard InChI is InChI=1S/C49H33N5/c1-5-14-34(15-6-1)35-24-28-37(29-25-35)44-33-45(51-46(50-44)39-16-7-2-8-17-39)38-30-26-36(27-31-38)42-22-13-23-43(32-42)49-53-47(40-18-9-3-10-19-40)52-48(54-49)41-20-11-4-12-21-41/h1-33H. The molecule has 2 aromatic heterocycles. The fraction of sp³-hybridized carbons (Fsp3) is 0. The summed E-state index contributed by atoms with van der Waals surface area (Å²) in [4.78, 5) is 24.8. The van der Waals surface area contributed by atoms with E-state index in [1.54, 1.807) is 0 Å². The monoisotopic (exact) mass is 691 g/mol. The molecular weight excluding hydrogens is 659 g/mol. The van der Waals surface area contributed by atoms with Gasteiger partial charge >= 0.3 is 0 Å². The van der Waals surface area contributed by atoms with Crippen molar-refractivity contribution in [2.45, 2.75) is 0 Å². The molecule has 0 saturated heterocycles. The molecule has 2 heterocycles. The van der Waals surface area contributed by atoms with E-state index in [0.29, 0.717) is 23.3 Å². The smallest absolute Gasteiger partial charge is 0.164 e. The van der Waals surface area contributed by atoms with E-state index < -0.39 is 0 Å². The maximum atomic E-state index is 5.05. The molecule has 0 amide bonds. The molecule has 0 aliphatic carbocycles. The highest BCUT2D eigenvalue weighted by Crippen LogP contribution is 2.32. The first kappa shape index (κ1) is 32.5. The normalized spacial score (nSPS) is 11.0. The molecule has 54 heavy (non-hydrogen) atoms. The molecular formula is C49H33N5. The van der Waals surface area contributed by atoms with Crippen molar-refractivity contribution in [3.63, 3.8) is 0 Å². The van der Waals surface area contributed by atoms with Gasteiger partial charge in [-0.15, -0.1) is 0 Å². The summed E-state index contributed by atoms with van der Waals surface area (Å²) >= 11 is 0. The van der Waals surface area contributed by atoms with Crippen LogP contribution in [0.4, 0.5) is 0 Å². The lowest BCUT2D eigenvalue weighted by molar-refractivity contribution is 1.07. The van der Waals surface area contributed by atoms with Crippen LogP contribution in [0, 0.1) is 0 Å². The third kappa shape index (κ3) is 6.94. The quantitative estimate of drug-likeness (QED) is 0.159. The van der Waals surface area contributed by atoms with Gasteiger partial charge < -0.3 is 0 Å². The van der Waals surface area contributed by atoms with E-state index in [9.17, 15) is 0 Å². The van der Waals surface area contributed by atoms with Gasteiger partial charge in [0, 0.05) is 33.4 Å². The van der Waals surface area contributed by atoms with Crippen molar-refractivity contribution in [1.29, 1.82) is 0 Å². The molecule has 0 saturated carbocycles. The Kier molecular flexibility index (Phi) is 8.86. The van der Waals surface area contributed by atoms with Crippen LogP contribution in [0.25, 0.3) is 90.3 Å². The Morgan fingerprint density at radius 3 is 0.926 bits per heavy atom. The van der Waals surface area contributed by atoms with Crippen molar-refractivity contribution < 1.29 is 0 Å². The van der Waals surface area contributed by atoms with E-state index in [1.165, 1.54) is 11.1 Å². The molecule has 0 atom stereocenters. The molecule has 5 heteroatoms. The molecule has 0 N–H and O–H groups in total. The topological polar surface area (TPSA) is 64.5 Å². The van der Waals surface area contributed by atoms with Crippen LogP contribution < -0.4 is 0 Å². The van der Waals surface area contributed by atoms with E-state index in [4.69, 9.17) is 24.9 Å². The Morgan fingerprint density at radius 2 is 0.481 bits per heavy atom. The van der Waals surface area contributed by atoms with Crippen LogP contribution in [0.5, 0.6) is 0 Å². The van der Waals surface area contributed by atoms with Crippen molar-refractivity contribution >= 4 is 0 Å². The molecule has 0 spiro atoms. The number of hydrogen-bond acceptors (Lipinski definition) is 5. The summed E-state index contributed by atoms with van der Waals surface area (Å²) in [5, 5.41) is 0. The molecule has 254 valence electrons. The molecule has 0 unspecified atom stereocenters. The van der Waals surface area contributed by atoms with Crippen molar-refractivity contribution in [2.24, 2.45) is 0 Å². The molecule has 0 bridgehead atoms. The van der Waals surface area contributed by atoms with Crippen molar-refractivity contribution in [3.8, 4) is 90.3 Å². The number of rotatable bonds is 8. The van der Waals surface area contributed by atoms with Crippen LogP contribution in [-0.2, 0) is 0 Å². The van der Waals surface area contributed by atoms with E-state index in [2.05, 4.69) is 115 Å². The summed E-state index contributed by atoms with van der Waals surface area (Å²) in [6.45, 7) is 0. The zero-order valence-electron chi connectivity index (χ0n) is 29.3. The maximum absolute atomic E-state index is 5.05. The Bertz CT molecular complexity index is 2610. The minimum absolute atomic E-state index is 0.625. The summed E-state index contributed by atoms with van der Waals surface area (Å²) in [7, 11) is 0. The summed E-state index contributed by atoms with van der Waals surface area (Å²) in [6.07, 6.45) is 0. The SMILES string of the molecule is c1ccc(-c2ccc(-c3cc(-c4ccc(-c5cccc(-c6nc(-c7ccccc7)nc(-c7ccccc7)n6)c5)cc4)nc(-c4ccccc4)n3)cc2)cc1. The van der Waals surface area contributed by atoms with Gasteiger partial charge in [-0.2, -0.15) is 0 Å². The van der Waals surface area contributed by atoms with Crippen molar-refractivity contribution in [2.75, 3.05) is 0 Å². The average Bonchev–Trinajstić information content (AvgIpc) is 3.27. The van der Waals surface area contributed by atoms with Crippen molar-refractivity contribution in [3.05, 3.63) is 200 Å². The highest BCUT2D eigenvalue weighted by Gasteiger charge is 2.14. The Morgan fingerprint density at radius 1 is 0.185 bits per heavy atom. The predicted molar refractivity (Wildman–Crippen MR) is 219 cm³/mol. The van der Waals surface area contributed by atoms with E-state index >= 15 is 0 Å². The fourth-order valence-electron chi connectivity index (χ4n) is 6.53. The van der Waals surface area contributed by atoms with Crippen molar-refractivity contribution in [1.82, 2.24) is 24.9 Å².